The van der Waals surface area contributed by atoms with E-state index in [9.17, 15) is 22.8 Å². The maximum atomic E-state index is 13.5. The van der Waals surface area contributed by atoms with Crippen molar-refractivity contribution in [1.29, 1.82) is 0 Å². The second kappa shape index (κ2) is 9.01. The van der Waals surface area contributed by atoms with Gasteiger partial charge in [-0.2, -0.15) is 13.2 Å². The molecule has 0 bridgehead atoms. The molecule has 7 heteroatoms. The number of amides is 1. The molecule has 2 aliphatic rings. The van der Waals surface area contributed by atoms with Gasteiger partial charge in [0.15, 0.2) is 0 Å². The highest BCUT2D eigenvalue weighted by molar-refractivity contribution is 5.96. The van der Waals surface area contributed by atoms with Gasteiger partial charge in [-0.05, 0) is 44.2 Å². The Morgan fingerprint density at radius 3 is 2.34 bits per heavy atom. The molecule has 4 nitrogen and oxygen atoms in total. The van der Waals surface area contributed by atoms with Gasteiger partial charge in [0.2, 0.25) is 5.91 Å². The van der Waals surface area contributed by atoms with E-state index in [0.29, 0.717) is 0 Å². The van der Waals surface area contributed by atoms with Gasteiger partial charge in [-0.3, -0.25) is 4.79 Å². The second-order valence-electron chi connectivity index (χ2n) is 7.80. The summed E-state index contributed by atoms with van der Waals surface area (Å²) in [6.45, 7) is 1.54. The number of hydrogen-bond donors (Lipinski definition) is 1. The first-order valence-electron chi connectivity index (χ1n) is 10.1. The van der Waals surface area contributed by atoms with Crippen molar-refractivity contribution in [3.63, 3.8) is 0 Å². The van der Waals surface area contributed by atoms with Gasteiger partial charge in [0.25, 0.3) is 0 Å². The lowest BCUT2D eigenvalue weighted by molar-refractivity contribution is -0.146. The fourth-order valence-electron chi connectivity index (χ4n) is 4.25. The highest BCUT2D eigenvalue weighted by Crippen LogP contribution is 2.41. The lowest BCUT2D eigenvalue weighted by atomic mass is 9.82. The van der Waals surface area contributed by atoms with Crippen LogP contribution in [0.3, 0.4) is 0 Å². The zero-order valence-electron chi connectivity index (χ0n) is 16.5. The fourth-order valence-corrected chi connectivity index (χ4v) is 4.25. The number of rotatable bonds is 3. The molecule has 1 fully saturated rings. The third-order valence-electron chi connectivity index (χ3n) is 5.66. The maximum absolute atomic E-state index is 13.5. The van der Waals surface area contributed by atoms with Gasteiger partial charge < -0.3 is 10.1 Å². The number of halogens is 3. The van der Waals surface area contributed by atoms with E-state index < -0.39 is 29.5 Å². The van der Waals surface area contributed by atoms with Gasteiger partial charge in [-0.1, -0.05) is 37.5 Å². The van der Waals surface area contributed by atoms with Crippen molar-refractivity contribution in [3.05, 3.63) is 46.7 Å². The van der Waals surface area contributed by atoms with E-state index in [1.807, 2.05) is 0 Å². The number of carbonyl (C=O) groups excluding carboxylic acids is 2. The monoisotopic (exact) mass is 409 g/mol. The largest absolute Gasteiger partial charge is 0.459 e. The molecule has 3 rings (SSSR count). The van der Waals surface area contributed by atoms with Crippen molar-refractivity contribution in [1.82, 2.24) is 5.32 Å². The fraction of sp³-hybridized carbons (Fsp3) is 0.545. The molecule has 0 radical (unpaired) electrons. The van der Waals surface area contributed by atoms with Crippen LogP contribution in [-0.4, -0.2) is 18.0 Å². The minimum atomic E-state index is -4.58. The summed E-state index contributed by atoms with van der Waals surface area (Å²) < 4.78 is 46.4. The van der Waals surface area contributed by atoms with Crippen LogP contribution in [0.5, 0.6) is 0 Å². The third-order valence-corrected chi connectivity index (χ3v) is 5.66. The molecule has 1 N–H and O–H groups in total. The predicted octanol–water partition coefficient (Wildman–Crippen LogP) is 5.24. The number of ether oxygens (including phenoxy) is 1. The summed E-state index contributed by atoms with van der Waals surface area (Å²) in [5.41, 5.74) is -0.523. The van der Waals surface area contributed by atoms with Crippen LogP contribution in [0.2, 0.25) is 0 Å². The zero-order valence-corrected chi connectivity index (χ0v) is 16.5. The molecule has 1 aromatic rings. The first-order valence-corrected chi connectivity index (χ1v) is 10.1. The van der Waals surface area contributed by atoms with E-state index in [1.54, 1.807) is 0 Å². The van der Waals surface area contributed by atoms with Gasteiger partial charge in [0.05, 0.1) is 11.1 Å². The molecular weight excluding hydrogens is 383 g/mol. The Kier molecular flexibility index (Phi) is 6.65. The molecular formula is C22H26F3NO3. The summed E-state index contributed by atoms with van der Waals surface area (Å²) >= 11 is 0. The summed E-state index contributed by atoms with van der Waals surface area (Å²) in [7, 11) is 0. The second-order valence-corrected chi connectivity index (χ2v) is 7.80. The number of allylic oxidation sites excluding steroid dienone is 1. The van der Waals surface area contributed by atoms with Crippen LogP contribution >= 0.6 is 0 Å². The number of esters is 1. The Bertz CT molecular complexity index is 793. The van der Waals surface area contributed by atoms with Crippen LogP contribution < -0.4 is 5.32 Å². The van der Waals surface area contributed by atoms with Crippen molar-refractivity contribution in [2.24, 2.45) is 0 Å². The molecule has 0 spiro atoms. The Morgan fingerprint density at radius 2 is 1.69 bits per heavy atom. The van der Waals surface area contributed by atoms with E-state index in [4.69, 9.17) is 4.74 Å². The van der Waals surface area contributed by atoms with Gasteiger partial charge in [0.1, 0.15) is 6.10 Å². The van der Waals surface area contributed by atoms with Crippen molar-refractivity contribution < 1.29 is 27.5 Å². The highest BCUT2D eigenvalue weighted by Gasteiger charge is 2.40. The number of carbonyl (C=O) groups is 2. The standard InChI is InChI=1S/C22H26F3NO3/c1-14-20(21(28)29-15-9-5-3-2-4-6-10-15)17(13-19(27)26-14)16-11-7-8-12-18(16)22(23,24)25/h7-8,11-12,15,17H,2-6,9-10,13H2,1H3,(H,26,27)/t17-/m1/s1. The van der Waals surface area contributed by atoms with Crippen LogP contribution in [0.1, 0.15) is 75.3 Å². The summed E-state index contributed by atoms with van der Waals surface area (Å²) in [5, 5.41) is 2.59. The number of alkyl halides is 3. The van der Waals surface area contributed by atoms with Crippen molar-refractivity contribution in [3.8, 4) is 0 Å². The Labute approximate surface area is 168 Å². The number of nitrogens with one attached hydrogen (secondary N) is 1. The molecule has 1 atom stereocenters. The summed E-state index contributed by atoms with van der Waals surface area (Å²) in [6, 6.07) is 5.11. The lowest BCUT2D eigenvalue weighted by Crippen LogP contribution is -2.36. The van der Waals surface area contributed by atoms with E-state index in [-0.39, 0.29) is 29.4 Å². The molecule has 1 aliphatic heterocycles. The minimum Gasteiger partial charge on any atom is -0.459 e. The van der Waals surface area contributed by atoms with E-state index in [1.165, 1.54) is 31.5 Å². The van der Waals surface area contributed by atoms with Crippen LogP contribution in [0.4, 0.5) is 13.2 Å². The van der Waals surface area contributed by atoms with Gasteiger partial charge in [-0.25, -0.2) is 4.79 Å². The Balaban J connectivity index is 1.92. The average Bonchev–Trinajstić information content (AvgIpc) is 2.62. The molecule has 0 aromatic heterocycles. The minimum absolute atomic E-state index is 0.0705. The molecule has 29 heavy (non-hydrogen) atoms. The van der Waals surface area contributed by atoms with Crippen molar-refractivity contribution in [2.45, 2.75) is 76.5 Å². The van der Waals surface area contributed by atoms with Gasteiger partial charge in [0, 0.05) is 18.0 Å². The van der Waals surface area contributed by atoms with Crippen LogP contribution in [-0.2, 0) is 20.5 Å². The molecule has 1 aromatic carbocycles. The van der Waals surface area contributed by atoms with E-state index >= 15 is 0 Å². The predicted molar refractivity (Wildman–Crippen MR) is 102 cm³/mol. The molecule has 0 saturated heterocycles. The molecule has 1 saturated carbocycles. The molecule has 1 heterocycles. The average molecular weight is 409 g/mol. The number of benzene rings is 1. The van der Waals surface area contributed by atoms with Crippen LogP contribution in [0.25, 0.3) is 0 Å². The van der Waals surface area contributed by atoms with E-state index in [0.717, 1.165) is 44.6 Å². The summed E-state index contributed by atoms with van der Waals surface area (Å²) in [5.74, 6) is -2.02. The Hall–Kier alpha value is -2.31. The number of hydrogen-bond acceptors (Lipinski definition) is 3. The van der Waals surface area contributed by atoms with Crippen molar-refractivity contribution in [2.75, 3.05) is 0 Å². The first kappa shape index (κ1) is 21.4. The van der Waals surface area contributed by atoms with Gasteiger partial charge >= 0.3 is 12.1 Å². The summed E-state index contributed by atoms with van der Waals surface area (Å²) in [4.78, 5) is 25.1. The topological polar surface area (TPSA) is 55.4 Å². The molecule has 158 valence electrons. The smallest absolute Gasteiger partial charge is 0.416 e. The maximum Gasteiger partial charge on any atom is 0.416 e. The summed E-state index contributed by atoms with van der Waals surface area (Å²) in [6.07, 6.45) is 1.77. The quantitative estimate of drug-likeness (QED) is 0.695. The van der Waals surface area contributed by atoms with Crippen LogP contribution in [0.15, 0.2) is 35.5 Å². The zero-order chi connectivity index (χ0) is 21.0. The third kappa shape index (κ3) is 5.19. The molecule has 0 unspecified atom stereocenters. The molecule has 1 aliphatic carbocycles. The SMILES string of the molecule is CC1=C(C(=O)OC2CCCCCCC2)[C@@H](c2ccccc2C(F)(F)F)CC(=O)N1. The highest BCUT2D eigenvalue weighted by atomic mass is 19.4. The molecule has 1 amide bonds. The lowest BCUT2D eigenvalue weighted by Gasteiger charge is -2.30. The van der Waals surface area contributed by atoms with E-state index in [2.05, 4.69) is 5.32 Å². The van der Waals surface area contributed by atoms with Gasteiger partial charge in [-0.15, -0.1) is 0 Å². The first-order chi connectivity index (χ1) is 13.8. The normalized spacial score (nSPS) is 21.9. The van der Waals surface area contributed by atoms with Crippen LogP contribution in [0, 0.1) is 0 Å². The van der Waals surface area contributed by atoms with Crippen molar-refractivity contribution >= 4 is 11.9 Å². The Morgan fingerprint density at radius 1 is 1.07 bits per heavy atom.